The van der Waals surface area contributed by atoms with Gasteiger partial charge in [-0.3, -0.25) is 4.79 Å². The molecule has 0 atom stereocenters. The van der Waals surface area contributed by atoms with Crippen molar-refractivity contribution in [3.05, 3.63) is 33.9 Å². The molecule has 6 heteroatoms. The van der Waals surface area contributed by atoms with Crippen molar-refractivity contribution in [2.45, 2.75) is 13.5 Å². The Morgan fingerprint density at radius 3 is 2.39 bits per heavy atom. The second-order valence-electron chi connectivity index (χ2n) is 5.69. The molecule has 0 radical (unpaired) electrons. The van der Waals surface area contributed by atoms with Crippen molar-refractivity contribution in [3.8, 4) is 11.5 Å². The Morgan fingerprint density at radius 1 is 1.09 bits per heavy atom. The fourth-order valence-electron chi connectivity index (χ4n) is 2.87. The fraction of sp³-hybridized carbons (Fsp3) is 0.353. The van der Waals surface area contributed by atoms with Gasteiger partial charge in [0.05, 0.1) is 25.9 Å². The molecule has 3 rings (SSSR count). The fourth-order valence-corrected chi connectivity index (χ4v) is 2.87. The first-order valence-electron chi connectivity index (χ1n) is 7.21. The number of hydrogen-bond donors (Lipinski definition) is 0. The summed E-state index contributed by atoms with van der Waals surface area (Å²) in [5.74, 6) is 1.36. The minimum absolute atomic E-state index is 0.169. The van der Waals surface area contributed by atoms with E-state index >= 15 is 0 Å². The predicted molar refractivity (Wildman–Crippen MR) is 87.5 cm³/mol. The molecule has 0 aliphatic rings. The Morgan fingerprint density at radius 2 is 1.78 bits per heavy atom. The van der Waals surface area contributed by atoms with Crippen LogP contribution in [0.15, 0.2) is 26.0 Å². The number of ether oxygens (including phenoxy) is 2. The smallest absolute Gasteiger partial charge is 0.206 e. The summed E-state index contributed by atoms with van der Waals surface area (Å²) in [6.45, 7) is 2.37. The first-order valence-corrected chi connectivity index (χ1v) is 7.21. The van der Waals surface area contributed by atoms with Crippen LogP contribution < -0.4 is 14.9 Å². The molecular weight excluding hydrogens is 298 g/mol. The van der Waals surface area contributed by atoms with Gasteiger partial charge in [-0.1, -0.05) is 0 Å². The summed E-state index contributed by atoms with van der Waals surface area (Å²) in [5.41, 5.74) is 1.61. The van der Waals surface area contributed by atoms with Crippen LogP contribution in [-0.4, -0.2) is 33.2 Å². The van der Waals surface area contributed by atoms with Gasteiger partial charge in [-0.05, 0) is 21.0 Å². The van der Waals surface area contributed by atoms with Gasteiger partial charge < -0.3 is 23.2 Å². The van der Waals surface area contributed by atoms with Gasteiger partial charge in [0.1, 0.15) is 16.9 Å². The third kappa shape index (κ3) is 2.35. The Hall–Kier alpha value is -2.47. The highest BCUT2D eigenvalue weighted by atomic mass is 16.5. The number of aryl methyl sites for hydroxylation is 1. The van der Waals surface area contributed by atoms with Crippen LogP contribution in [0.25, 0.3) is 21.9 Å². The summed E-state index contributed by atoms with van der Waals surface area (Å²) in [6.07, 6.45) is 1.66. The van der Waals surface area contributed by atoms with E-state index in [-0.39, 0.29) is 5.43 Å². The Bertz CT molecular complexity index is 936. The van der Waals surface area contributed by atoms with E-state index < -0.39 is 0 Å². The van der Waals surface area contributed by atoms with Crippen LogP contribution in [-0.2, 0) is 6.54 Å². The predicted octanol–water partition coefficient (Wildman–Crippen LogP) is 2.93. The zero-order valence-electron chi connectivity index (χ0n) is 13.9. The maximum atomic E-state index is 12.5. The van der Waals surface area contributed by atoms with Gasteiger partial charge in [0.2, 0.25) is 5.75 Å². The van der Waals surface area contributed by atoms with Gasteiger partial charge in [0, 0.05) is 18.2 Å². The molecule has 0 N–H and O–H groups in total. The van der Waals surface area contributed by atoms with Crippen molar-refractivity contribution in [1.29, 1.82) is 0 Å². The lowest BCUT2D eigenvalue weighted by molar-refractivity contribution is 0.398. The lowest BCUT2D eigenvalue weighted by Gasteiger charge is -2.13. The Labute approximate surface area is 133 Å². The second kappa shape index (κ2) is 5.62. The summed E-state index contributed by atoms with van der Waals surface area (Å²) in [7, 11) is 6.98. The van der Waals surface area contributed by atoms with Crippen molar-refractivity contribution < 1.29 is 18.3 Å². The van der Waals surface area contributed by atoms with Crippen LogP contribution in [0.2, 0.25) is 0 Å². The van der Waals surface area contributed by atoms with E-state index in [0.29, 0.717) is 40.4 Å². The van der Waals surface area contributed by atoms with E-state index in [2.05, 4.69) is 0 Å². The molecule has 23 heavy (non-hydrogen) atoms. The highest BCUT2D eigenvalue weighted by molar-refractivity contribution is 6.08. The minimum Gasteiger partial charge on any atom is -0.495 e. The zero-order chi connectivity index (χ0) is 16.7. The largest absolute Gasteiger partial charge is 0.495 e. The number of benzene rings is 1. The van der Waals surface area contributed by atoms with Gasteiger partial charge in [-0.15, -0.1) is 0 Å². The zero-order valence-corrected chi connectivity index (χ0v) is 13.9. The van der Waals surface area contributed by atoms with Crippen molar-refractivity contribution in [2.24, 2.45) is 0 Å². The number of nitrogens with zero attached hydrogens (tertiary/aromatic N) is 1. The topological polar surface area (TPSA) is 65.1 Å². The van der Waals surface area contributed by atoms with Crippen LogP contribution in [0.3, 0.4) is 0 Å². The third-order valence-corrected chi connectivity index (χ3v) is 3.70. The van der Waals surface area contributed by atoms with Crippen LogP contribution in [0.4, 0.5) is 0 Å². The molecule has 0 bridgehead atoms. The summed E-state index contributed by atoms with van der Waals surface area (Å²) in [5, 5.41) is 1.10. The van der Waals surface area contributed by atoms with E-state index in [1.807, 2.05) is 19.0 Å². The second-order valence-corrected chi connectivity index (χ2v) is 5.69. The van der Waals surface area contributed by atoms with Crippen LogP contribution >= 0.6 is 0 Å². The number of fused-ring (bicyclic) bond motifs is 2. The van der Waals surface area contributed by atoms with Gasteiger partial charge >= 0.3 is 0 Å². The Kier molecular flexibility index (Phi) is 3.77. The highest BCUT2D eigenvalue weighted by Gasteiger charge is 2.25. The molecule has 122 valence electrons. The molecule has 3 aromatic rings. The molecule has 0 saturated carbocycles. The quantitative estimate of drug-likeness (QED) is 0.737. The molecule has 0 fully saturated rings. The third-order valence-electron chi connectivity index (χ3n) is 3.70. The minimum atomic E-state index is -0.169. The monoisotopic (exact) mass is 317 g/mol. The first kappa shape index (κ1) is 15.4. The number of furan rings is 1. The van der Waals surface area contributed by atoms with Gasteiger partial charge in [-0.25, -0.2) is 0 Å². The molecule has 0 unspecified atom stereocenters. The standard InChI is InChI=1S/C17H19NO5/c1-9-6-11(19)13-14(20-4)12-10(7-18(2)3)8-22-15(12)17(21-5)16(13)23-9/h6,8H,7H2,1-5H3. The van der Waals surface area contributed by atoms with E-state index in [0.717, 1.165) is 10.9 Å². The number of methoxy groups -OCH3 is 2. The highest BCUT2D eigenvalue weighted by Crippen LogP contribution is 2.44. The van der Waals surface area contributed by atoms with E-state index in [1.165, 1.54) is 20.3 Å². The van der Waals surface area contributed by atoms with Crippen LogP contribution in [0, 0.1) is 6.92 Å². The van der Waals surface area contributed by atoms with Crippen molar-refractivity contribution in [2.75, 3.05) is 28.3 Å². The van der Waals surface area contributed by atoms with E-state index in [1.54, 1.807) is 13.2 Å². The van der Waals surface area contributed by atoms with Gasteiger partial charge in [-0.2, -0.15) is 0 Å². The number of hydrogen-bond acceptors (Lipinski definition) is 6. The average molecular weight is 317 g/mol. The van der Waals surface area contributed by atoms with Gasteiger partial charge in [0.15, 0.2) is 16.6 Å². The molecule has 2 aromatic heterocycles. The molecule has 0 aliphatic carbocycles. The summed E-state index contributed by atoms with van der Waals surface area (Å²) in [4.78, 5) is 14.5. The summed E-state index contributed by atoms with van der Waals surface area (Å²) in [6, 6.07) is 1.45. The molecule has 0 saturated heterocycles. The van der Waals surface area contributed by atoms with Crippen LogP contribution in [0.1, 0.15) is 11.3 Å². The molecule has 6 nitrogen and oxygen atoms in total. The molecule has 0 amide bonds. The molecular formula is C17H19NO5. The molecule has 0 spiro atoms. The summed E-state index contributed by atoms with van der Waals surface area (Å²) < 4.78 is 22.5. The molecule has 2 heterocycles. The molecule has 1 aromatic carbocycles. The Balaban J connectivity index is 2.54. The van der Waals surface area contributed by atoms with Crippen molar-refractivity contribution in [3.63, 3.8) is 0 Å². The summed E-state index contributed by atoms with van der Waals surface area (Å²) >= 11 is 0. The SMILES string of the molecule is COc1c2occ(CN(C)C)c2c(OC)c2c(=O)cc(C)oc12. The molecule has 0 aliphatic heterocycles. The van der Waals surface area contributed by atoms with E-state index in [4.69, 9.17) is 18.3 Å². The first-order chi connectivity index (χ1) is 11.0. The lowest BCUT2D eigenvalue weighted by atomic mass is 10.1. The van der Waals surface area contributed by atoms with E-state index in [9.17, 15) is 4.79 Å². The number of rotatable bonds is 4. The van der Waals surface area contributed by atoms with Crippen LogP contribution in [0.5, 0.6) is 11.5 Å². The van der Waals surface area contributed by atoms with Crippen molar-refractivity contribution >= 4 is 21.9 Å². The van der Waals surface area contributed by atoms with Gasteiger partial charge in [0.25, 0.3) is 0 Å². The normalized spacial score (nSPS) is 11.6. The average Bonchev–Trinajstić information content (AvgIpc) is 2.87. The van der Waals surface area contributed by atoms with Crippen molar-refractivity contribution in [1.82, 2.24) is 4.90 Å². The maximum Gasteiger partial charge on any atom is 0.206 e. The maximum absolute atomic E-state index is 12.5. The lowest BCUT2D eigenvalue weighted by Crippen LogP contribution is -2.10.